The Kier molecular flexibility index (Phi) is 7.94. The molecule has 0 radical (unpaired) electrons. The monoisotopic (exact) mass is 432 g/mol. The van der Waals surface area contributed by atoms with E-state index >= 15 is 0 Å². The molecule has 0 saturated heterocycles. The van der Waals surface area contributed by atoms with Crippen molar-refractivity contribution in [2.24, 2.45) is 0 Å². The zero-order valence-electron chi connectivity index (χ0n) is 12.4. The number of benzene rings is 2. The van der Waals surface area contributed by atoms with Crippen molar-refractivity contribution in [3.63, 3.8) is 0 Å². The molecule has 2 aromatic carbocycles. The van der Waals surface area contributed by atoms with Crippen LogP contribution in [0.3, 0.4) is 0 Å². The van der Waals surface area contributed by atoms with E-state index in [4.69, 9.17) is 0 Å². The molecule has 0 spiro atoms. The number of hydrogen-bond acceptors (Lipinski definition) is 0. The summed E-state index contributed by atoms with van der Waals surface area (Å²) in [5.74, 6) is -26.6. The molecule has 0 amide bonds. The van der Waals surface area contributed by atoms with Crippen LogP contribution in [-0.4, -0.2) is 12.8 Å². The second-order valence-corrected chi connectivity index (χ2v) is 5.44. The molecule has 0 bridgehead atoms. The molecule has 0 fully saturated rings. The number of rotatable bonds is 3. The van der Waals surface area contributed by atoms with E-state index in [2.05, 4.69) is 0 Å². The SMILES string of the molecule is FCPCF.Fc1c(F)c(F)c(-c2c(F)c(F)c(F)c(F)c2F)c(F)c1F. The fourth-order valence-corrected chi connectivity index (χ4v) is 1.76. The molecule has 0 aliphatic carbocycles. The van der Waals surface area contributed by atoms with E-state index in [0.29, 0.717) is 0 Å². The summed E-state index contributed by atoms with van der Waals surface area (Å²) in [6.07, 6.45) is -1.01. The van der Waals surface area contributed by atoms with E-state index in [1.54, 1.807) is 0 Å². The van der Waals surface area contributed by atoms with Gasteiger partial charge in [-0.2, -0.15) is 0 Å². The molecule has 2 rings (SSSR count). The van der Waals surface area contributed by atoms with Gasteiger partial charge in [0.25, 0.3) is 0 Å². The van der Waals surface area contributed by atoms with Gasteiger partial charge >= 0.3 is 0 Å². The predicted molar refractivity (Wildman–Crippen MR) is 71.7 cm³/mol. The van der Waals surface area contributed by atoms with E-state index in [0.717, 1.165) is 0 Å². The predicted octanol–water partition coefficient (Wildman–Crippen LogP) is 6.26. The molecule has 0 aromatic heterocycles. The minimum Gasteiger partial charge on any atom is -0.246 e. The van der Waals surface area contributed by atoms with Crippen LogP contribution < -0.4 is 0 Å². The van der Waals surface area contributed by atoms with Gasteiger partial charge in [-0.3, -0.25) is 0 Å². The highest BCUT2D eigenvalue weighted by atomic mass is 31.1. The topological polar surface area (TPSA) is 0 Å². The smallest absolute Gasteiger partial charge is 0.200 e. The summed E-state index contributed by atoms with van der Waals surface area (Å²) in [5, 5.41) is 0. The average Bonchev–Trinajstić information content (AvgIpc) is 2.65. The second-order valence-electron chi connectivity index (χ2n) is 4.41. The van der Waals surface area contributed by atoms with Crippen LogP contribution in [0, 0.1) is 58.2 Å². The largest absolute Gasteiger partial charge is 0.246 e. The lowest BCUT2D eigenvalue weighted by molar-refractivity contribution is 0.370. The zero-order chi connectivity index (χ0) is 21.0. The van der Waals surface area contributed by atoms with Crippen molar-refractivity contribution in [3.8, 4) is 11.1 Å². The first-order valence-electron chi connectivity index (χ1n) is 6.38. The maximum absolute atomic E-state index is 13.4. The Hall–Kier alpha value is -1.97. The highest BCUT2D eigenvalue weighted by molar-refractivity contribution is 7.37. The van der Waals surface area contributed by atoms with Gasteiger partial charge in [-0.1, -0.05) is 8.58 Å². The molecule has 0 N–H and O–H groups in total. The van der Waals surface area contributed by atoms with E-state index in [1.807, 2.05) is 0 Å². The van der Waals surface area contributed by atoms with Gasteiger partial charge in [0, 0.05) is 0 Å². The molecule has 0 saturated carbocycles. The van der Waals surface area contributed by atoms with Gasteiger partial charge < -0.3 is 0 Å². The summed E-state index contributed by atoms with van der Waals surface area (Å²) >= 11 is 0. The first-order valence-corrected chi connectivity index (χ1v) is 7.80. The Labute approximate surface area is 144 Å². The van der Waals surface area contributed by atoms with Crippen molar-refractivity contribution < 1.29 is 52.7 Å². The molecule has 0 atom stereocenters. The van der Waals surface area contributed by atoms with Gasteiger partial charge in [-0.05, 0) is 0 Å². The first-order chi connectivity index (χ1) is 12.5. The lowest BCUT2D eigenvalue weighted by atomic mass is 10.0. The number of hydrogen-bond donors (Lipinski definition) is 0. The average molecular weight is 432 g/mol. The van der Waals surface area contributed by atoms with E-state index in [9.17, 15) is 52.7 Å². The second kappa shape index (κ2) is 9.29. The van der Waals surface area contributed by atoms with Crippen molar-refractivity contribution in [1.29, 1.82) is 0 Å². The molecule has 27 heavy (non-hydrogen) atoms. The first kappa shape index (κ1) is 23.1. The van der Waals surface area contributed by atoms with Gasteiger partial charge in [0.05, 0.1) is 11.1 Å². The van der Waals surface area contributed by atoms with Crippen molar-refractivity contribution in [3.05, 3.63) is 58.2 Å². The minimum atomic E-state index is -2.68. The normalized spacial score (nSPS) is 10.7. The van der Waals surface area contributed by atoms with E-state index < -0.39 is 82.1 Å². The molecular weight excluding hydrogens is 427 g/mol. The quantitative estimate of drug-likeness (QED) is 0.232. The maximum Gasteiger partial charge on any atom is 0.200 e. The Balaban J connectivity index is 0.000000646. The van der Waals surface area contributed by atoms with E-state index in [-0.39, 0.29) is 8.58 Å². The van der Waals surface area contributed by atoms with Crippen molar-refractivity contribution in [1.82, 2.24) is 0 Å². The van der Waals surface area contributed by atoms with Gasteiger partial charge in [0.15, 0.2) is 46.5 Å². The molecule has 2 aromatic rings. The van der Waals surface area contributed by atoms with Gasteiger partial charge in [-0.15, -0.1) is 0 Å². The van der Waals surface area contributed by atoms with Crippen molar-refractivity contribution >= 4 is 8.58 Å². The summed E-state index contributed by atoms with van der Waals surface area (Å²) in [5.41, 5.74) is -4.52. The number of halogens is 12. The minimum absolute atomic E-state index is 0.136. The van der Waals surface area contributed by atoms with Crippen LogP contribution in [-0.2, 0) is 0 Å². The van der Waals surface area contributed by atoms with Gasteiger partial charge in [0.1, 0.15) is 12.8 Å². The Morgan fingerprint density at radius 2 is 0.556 bits per heavy atom. The zero-order valence-corrected chi connectivity index (χ0v) is 13.4. The summed E-state index contributed by atoms with van der Waals surface area (Å²) in [6, 6.07) is 0. The lowest BCUT2D eigenvalue weighted by Crippen LogP contribution is -2.10. The van der Waals surface area contributed by atoms with Gasteiger partial charge in [-0.25, -0.2) is 52.7 Å². The Bertz CT molecular complexity index is 723. The molecule has 0 unspecified atom stereocenters. The summed E-state index contributed by atoms with van der Waals surface area (Å²) in [4.78, 5) is 0. The molecule has 13 heteroatoms. The van der Waals surface area contributed by atoms with Gasteiger partial charge in [0.2, 0.25) is 11.6 Å². The molecule has 0 nitrogen and oxygen atoms in total. The molecule has 0 aliphatic heterocycles. The fourth-order valence-electron chi connectivity index (χ4n) is 1.68. The van der Waals surface area contributed by atoms with Crippen molar-refractivity contribution in [2.75, 3.05) is 12.8 Å². The number of alkyl halides is 2. The molecule has 0 aliphatic rings. The lowest BCUT2D eigenvalue weighted by Gasteiger charge is -2.11. The van der Waals surface area contributed by atoms with Crippen LogP contribution in [0.15, 0.2) is 0 Å². The Morgan fingerprint density at radius 1 is 0.370 bits per heavy atom. The van der Waals surface area contributed by atoms with E-state index in [1.165, 1.54) is 0 Å². The summed E-state index contributed by atoms with van der Waals surface area (Å²) < 4.78 is 153. The summed E-state index contributed by atoms with van der Waals surface area (Å²) in [7, 11) is -0.136. The third-order valence-electron chi connectivity index (χ3n) is 2.86. The van der Waals surface area contributed by atoms with Crippen LogP contribution in [0.1, 0.15) is 0 Å². The van der Waals surface area contributed by atoms with Crippen LogP contribution in [0.5, 0.6) is 0 Å². The fraction of sp³-hybridized carbons (Fsp3) is 0.143. The molecule has 0 heterocycles. The standard InChI is InChI=1S/C12F10.C2H5F2P/c13-3-1(4(14)8(18)11(21)7(3)17)2-5(15)9(19)12(22)10(20)6(2)16;3-1-5-2-4/h;5H,1-2H2. The highest BCUT2D eigenvalue weighted by Gasteiger charge is 2.34. The van der Waals surface area contributed by atoms with Crippen molar-refractivity contribution in [2.45, 2.75) is 0 Å². The van der Waals surface area contributed by atoms with Crippen LogP contribution in [0.25, 0.3) is 11.1 Å². The van der Waals surface area contributed by atoms with Crippen LogP contribution in [0.2, 0.25) is 0 Å². The third kappa shape index (κ3) is 4.31. The maximum atomic E-state index is 13.4. The third-order valence-corrected chi connectivity index (χ3v) is 3.24. The molecular formula is C14H5F12P. The highest BCUT2D eigenvalue weighted by Crippen LogP contribution is 2.37. The van der Waals surface area contributed by atoms with Crippen LogP contribution in [0.4, 0.5) is 52.7 Å². The Morgan fingerprint density at radius 3 is 0.704 bits per heavy atom. The molecule has 150 valence electrons. The van der Waals surface area contributed by atoms with Crippen LogP contribution >= 0.6 is 8.58 Å². The summed E-state index contributed by atoms with van der Waals surface area (Å²) in [6.45, 7) is 0.